The molecule has 0 saturated heterocycles. The lowest BCUT2D eigenvalue weighted by molar-refractivity contribution is -0.121. The third-order valence-corrected chi connectivity index (χ3v) is 2.69. The maximum atomic E-state index is 11.3. The molecule has 100 valence electrons. The summed E-state index contributed by atoms with van der Waals surface area (Å²) in [7, 11) is 1.62. The van der Waals surface area contributed by atoms with Gasteiger partial charge in [0.1, 0.15) is 5.75 Å². The van der Waals surface area contributed by atoms with Crippen LogP contribution in [0.3, 0.4) is 0 Å². The molecule has 3 N–H and O–H groups in total. The van der Waals surface area contributed by atoms with Crippen molar-refractivity contribution in [3.05, 3.63) is 23.5 Å². The van der Waals surface area contributed by atoms with E-state index in [1.807, 2.05) is 32.9 Å². The van der Waals surface area contributed by atoms with Gasteiger partial charge >= 0.3 is 0 Å². The molecule has 0 aliphatic heterocycles. The van der Waals surface area contributed by atoms with Crippen molar-refractivity contribution < 1.29 is 9.53 Å². The first-order valence-electron chi connectivity index (χ1n) is 5.98. The van der Waals surface area contributed by atoms with Gasteiger partial charge in [-0.25, -0.2) is 0 Å². The predicted molar refractivity (Wildman–Crippen MR) is 70.2 cm³/mol. The molecule has 5 heteroatoms. The van der Waals surface area contributed by atoms with E-state index in [0.29, 0.717) is 6.54 Å². The summed E-state index contributed by atoms with van der Waals surface area (Å²) < 4.78 is 5.18. The second-order valence-electron chi connectivity index (χ2n) is 4.64. The average molecular weight is 251 g/mol. The van der Waals surface area contributed by atoms with Crippen molar-refractivity contribution in [2.75, 3.05) is 7.11 Å². The van der Waals surface area contributed by atoms with Gasteiger partial charge in [0.25, 0.3) is 0 Å². The molecule has 1 aromatic heterocycles. The van der Waals surface area contributed by atoms with Crippen molar-refractivity contribution in [2.45, 2.75) is 33.4 Å². The van der Waals surface area contributed by atoms with E-state index in [9.17, 15) is 4.79 Å². The Morgan fingerprint density at radius 1 is 1.50 bits per heavy atom. The van der Waals surface area contributed by atoms with Crippen LogP contribution in [0.1, 0.15) is 25.2 Å². The van der Waals surface area contributed by atoms with Crippen LogP contribution in [-0.2, 0) is 11.3 Å². The number of rotatable bonds is 6. The number of carbonyl (C=O) groups is 1. The lowest BCUT2D eigenvalue weighted by Crippen LogP contribution is -2.44. The molecule has 5 nitrogen and oxygen atoms in total. The van der Waals surface area contributed by atoms with Gasteiger partial charge in [0.05, 0.1) is 18.8 Å². The average Bonchev–Trinajstić information content (AvgIpc) is 2.27. The molecule has 1 atom stereocenters. The number of aromatic nitrogens is 1. The van der Waals surface area contributed by atoms with Gasteiger partial charge in [-0.05, 0) is 12.8 Å². The van der Waals surface area contributed by atoms with E-state index >= 15 is 0 Å². The largest absolute Gasteiger partial charge is 0.497 e. The van der Waals surface area contributed by atoms with Crippen LogP contribution >= 0.6 is 0 Å². The van der Waals surface area contributed by atoms with Crippen molar-refractivity contribution in [2.24, 2.45) is 11.7 Å². The van der Waals surface area contributed by atoms with Crippen LogP contribution < -0.4 is 15.8 Å². The molecule has 1 aromatic rings. The molecule has 0 fully saturated rings. The molecule has 0 spiro atoms. The minimum atomic E-state index is -0.349. The van der Waals surface area contributed by atoms with E-state index in [1.54, 1.807) is 7.11 Å². The van der Waals surface area contributed by atoms with Crippen LogP contribution in [0.4, 0.5) is 0 Å². The number of carbonyl (C=O) groups excluding carboxylic acids is 1. The topological polar surface area (TPSA) is 77.2 Å². The van der Waals surface area contributed by atoms with Gasteiger partial charge in [0.15, 0.2) is 0 Å². The summed E-state index contributed by atoms with van der Waals surface area (Å²) in [5, 5.41) is 3.12. The smallest absolute Gasteiger partial charge is 0.234 e. The number of amides is 1. The zero-order chi connectivity index (χ0) is 13.7. The third kappa shape index (κ3) is 4.00. The van der Waals surface area contributed by atoms with Crippen LogP contribution in [0, 0.1) is 12.8 Å². The van der Waals surface area contributed by atoms with Gasteiger partial charge in [-0.15, -0.1) is 0 Å². The molecule has 0 aromatic carbocycles. The summed E-state index contributed by atoms with van der Waals surface area (Å²) in [6, 6.07) is 3.36. The third-order valence-electron chi connectivity index (χ3n) is 2.69. The van der Waals surface area contributed by atoms with Crippen LogP contribution in [0.2, 0.25) is 0 Å². The van der Waals surface area contributed by atoms with E-state index in [4.69, 9.17) is 10.5 Å². The van der Waals surface area contributed by atoms with Crippen molar-refractivity contribution in [3.63, 3.8) is 0 Å². The fourth-order valence-corrected chi connectivity index (χ4v) is 1.79. The van der Waals surface area contributed by atoms with E-state index in [-0.39, 0.29) is 17.9 Å². The van der Waals surface area contributed by atoms with E-state index in [2.05, 4.69) is 10.3 Å². The van der Waals surface area contributed by atoms with Gasteiger partial charge in [-0.2, -0.15) is 0 Å². The van der Waals surface area contributed by atoms with Gasteiger partial charge < -0.3 is 10.5 Å². The minimum absolute atomic E-state index is 0.147. The van der Waals surface area contributed by atoms with Crippen molar-refractivity contribution in [3.8, 4) is 5.75 Å². The summed E-state index contributed by atoms with van der Waals surface area (Å²) in [5.74, 6) is 0.568. The van der Waals surface area contributed by atoms with Gasteiger partial charge in [0, 0.05) is 24.4 Å². The fourth-order valence-electron chi connectivity index (χ4n) is 1.79. The highest BCUT2D eigenvalue weighted by Crippen LogP contribution is 2.13. The summed E-state index contributed by atoms with van der Waals surface area (Å²) in [6.45, 7) is 6.29. The number of methoxy groups -OCH3 is 1. The van der Waals surface area contributed by atoms with Crippen LogP contribution in [0.5, 0.6) is 5.75 Å². The number of nitrogens with zero attached hydrogens (tertiary/aromatic N) is 1. The molecule has 0 radical (unpaired) electrons. The summed E-state index contributed by atoms with van der Waals surface area (Å²) in [4.78, 5) is 15.6. The Morgan fingerprint density at radius 3 is 2.67 bits per heavy atom. The maximum absolute atomic E-state index is 11.3. The Labute approximate surface area is 108 Å². The number of hydrogen-bond acceptors (Lipinski definition) is 4. The number of aryl methyl sites for hydroxylation is 1. The molecule has 0 saturated carbocycles. The first kappa shape index (κ1) is 14.4. The normalized spacial score (nSPS) is 12.5. The SMILES string of the molecule is COc1cc(C)nc(CNC(C(N)=O)C(C)C)c1. The first-order valence-corrected chi connectivity index (χ1v) is 5.98. The number of pyridine rings is 1. The Kier molecular flexibility index (Phi) is 5.09. The Morgan fingerprint density at radius 2 is 2.17 bits per heavy atom. The molecular formula is C13H21N3O2. The zero-order valence-corrected chi connectivity index (χ0v) is 11.4. The molecular weight excluding hydrogens is 230 g/mol. The van der Waals surface area contributed by atoms with Crippen LogP contribution in [0.15, 0.2) is 12.1 Å². The number of primary amides is 1. The Balaban J connectivity index is 2.73. The minimum Gasteiger partial charge on any atom is -0.497 e. The Bertz CT molecular complexity index is 419. The molecule has 0 aliphatic rings. The molecule has 1 heterocycles. The summed E-state index contributed by atoms with van der Waals surface area (Å²) in [5.41, 5.74) is 7.05. The molecule has 1 amide bonds. The van der Waals surface area contributed by atoms with Gasteiger partial charge in [0.2, 0.25) is 5.91 Å². The second-order valence-corrected chi connectivity index (χ2v) is 4.64. The van der Waals surface area contributed by atoms with E-state index in [0.717, 1.165) is 17.1 Å². The standard InChI is InChI=1S/C13H21N3O2/c1-8(2)12(13(14)17)15-7-10-6-11(18-4)5-9(3)16-10/h5-6,8,12,15H,7H2,1-4H3,(H2,14,17). The lowest BCUT2D eigenvalue weighted by Gasteiger charge is -2.18. The van der Waals surface area contributed by atoms with E-state index in [1.165, 1.54) is 0 Å². The highest BCUT2D eigenvalue weighted by molar-refractivity contribution is 5.80. The van der Waals surface area contributed by atoms with Crippen molar-refractivity contribution >= 4 is 5.91 Å². The highest BCUT2D eigenvalue weighted by atomic mass is 16.5. The Hall–Kier alpha value is -1.62. The molecule has 0 bridgehead atoms. The van der Waals surface area contributed by atoms with Crippen LogP contribution in [-0.4, -0.2) is 24.0 Å². The number of nitrogens with one attached hydrogen (secondary N) is 1. The highest BCUT2D eigenvalue weighted by Gasteiger charge is 2.18. The number of hydrogen-bond donors (Lipinski definition) is 2. The number of nitrogens with two attached hydrogens (primary N) is 1. The summed E-state index contributed by atoms with van der Waals surface area (Å²) >= 11 is 0. The van der Waals surface area contributed by atoms with Crippen LogP contribution in [0.25, 0.3) is 0 Å². The molecule has 18 heavy (non-hydrogen) atoms. The maximum Gasteiger partial charge on any atom is 0.234 e. The lowest BCUT2D eigenvalue weighted by atomic mass is 10.0. The van der Waals surface area contributed by atoms with Gasteiger partial charge in [-0.1, -0.05) is 13.8 Å². The molecule has 1 unspecified atom stereocenters. The van der Waals surface area contributed by atoms with Crippen molar-refractivity contribution in [1.29, 1.82) is 0 Å². The quantitative estimate of drug-likeness (QED) is 0.790. The second kappa shape index (κ2) is 6.35. The predicted octanol–water partition coefficient (Wildman–Crippen LogP) is 0.998. The monoisotopic (exact) mass is 251 g/mol. The first-order chi connectivity index (χ1) is 8.43. The molecule has 0 aliphatic carbocycles. The van der Waals surface area contributed by atoms with Gasteiger partial charge in [-0.3, -0.25) is 15.1 Å². The van der Waals surface area contributed by atoms with E-state index < -0.39 is 0 Å². The fraction of sp³-hybridized carbons (Fsp3) is 0.538. The summed E-state index contributed by atoms with van der Waals surface area (Å²) in [6.07, 6.45) is 0. The number of ether oxygens (including phenoxy) is 1. The molecule has 1 rings (SSSR count). The van der Waals surface area contributed by atoms with Crippen molar-refractivity contribution in [1.82, 2.24) is 10.3 Å². The zero-order valence-electron chi connectivity index (χ0n) is 11.4.